The normalized spacial score (nSPS) is 11.1. The van der Waals surface area contributed by atoms with E-state index >= 15 is 0 Å². The monoisotopic (exact) mass is 400 g/mol. The molecule has 0 aliphatic rings. The van der Waals surface area contributed by atoms with Crippen LogP contribution in [0.5, 0.6) is 0 Å². The molecule has 0 saturated carbocycles. The van der Waals surface area contributed by atoms with E-state index in [-0.39, 0.29) is 0 Å². The summed E-state index contributed by atoms with van der Waals surface area (Å²) in [6.07, 6.45) is 0. The van der Waals surface area contributed by atoms with E-state index in [4.69, 9.17) is 0 Å². The van der Waals surface area contributed by atoms with Gasteiger partial charge in [-0.2, -0.15) is 4.98 Å². The molecule has 0 amide bonds. The first kappa shape index (κ1) is 9.56. The lowest BCUT2D eigenvalue weighted by molar-refractivity contribution is 0.885. The van der Waals surface area contributed by atoms with Crippen molar-refractivity contribution in [2.45, 2.75) is 13.8 Å². The zero-order valence-corrected chi connectivity index (χ0v) is 11.4. The average molecular weight is 400 g/mol. The highest BCUT2D eigenvalue weighted by Crippen LogP contribution is 2.16. The molecule has 2 rings (SSSR count). The Hall–Kier alpha value is 0.01000. The molecule has 0 aliphatic heterocycles. The highest BCUT2D eigenvalue weighted by Gasteiger charge is 2.10. The van der Waals surface area contributed by atoms with E-state index in [0.29, 0.717) is 0 Å². The summed E-state index contributed by atoms with van der Waals surface area (Å²) in [6, 6.07) is 0. The van der Waals surface area contributed by atoms with Crippen LogP contribution < -0.4 is 0 Å². The zero-order valence-electron chi connectivity index (χ0n) is 7.04. The third kappa shape index (κ3) is 1.53. The van der Waals surface area contributed by atoms with E-state index in [1.165, 1.54) is 0 Å². The second-order valence-corrected chi connectivity index (χ2v) is 4.69. The molecule has 0 aromatic carbocycles. The number of rotatable bonds is 0. The predicted octanol–water partition coefficient (Wildman–Crippen LogP) is 1.95. The Kier molecular flexibility index (Phi) is 2.43. The van der Waals surface area contributed by atoms with Crippen LogP contribution in [0.25, 0.3) is 5.78 Å². The van der Waals surface area contributed by atoms with Gasteiger partial charge in [-0.1, -0.05) is 0 Å². The molecule has 0 bridgehead atoms. The first-order chi connectivity index (χ1) is 6.09. The number of aryl methyl sites for hydroxylation is 2. The van der Waals surface area contributed by atoms with E-state index in [9.17, 15) is 0 Å². The quantitative estimate of drug-likeness (QED) is 0.636. The Balaban J connectivity index is 2.94. The molecule has 2 aromatic heterocycles. The van der Waals surface area contributed by atoms with Crippen LogP contribution in [0.15, 0.2) is 0 Å². The summed E-state index contributed by atoms with van der Waals surface area (Å²) < 4.78 is 4.00. The van der Waals surface area contributed by atoms with E-state index in [1.807, 2.05) is 18.2 Å². The molecule has 0 spiro atoms. The van der Waals surface area contributed by atoms with Crippen LogP contribution in [0.3, 0.4) is 0 Å². The number of aromatic nitrogens is 4. The van der Waals surface area contributed by atoms with Gasteiger partial charge < -0.3 is 0 Å². The van der Waals surface area contributed by atoms with Gasteiger partial charge in [0, 0.05) is 0 Å². The summed E-state index contributed by atoms with van der Waals surface area (Å²) in [5.74, 6) is 2.43. The van der Waals surface area contributed by atoms with Gasteiger partial charge in [0.05, 0.1) is 0 Å². The molecular formula is C7H6I2N4. The summed E-state index contributed by atoms with van der Waals surface area (Å²) in [7, 11) is 0. The van der Waals surface area contributed by atoms with Gasteiger partial charge in [0.25, 0.3) is 0 Å². The molecule has 13 heavy (non-hydrogen) atoms. The summed E-state index contributed by atoms with van der Waals surface area (Å²) in [5.41, 5.74) is 0. The minimum Gasteiger partial charge on any atom is -0.258 e. The van der Waals surface area contributed by atoms with E-state index in [0.717, 1.165) is 24.8 Å². The molecule has 0 saturated heterocycles. The van der Waals surface area contributed by atoms with Crippen molar-refractivity contribution in [1.29, 1.82) is 0 Å². The van der Waals surface area contributed by atoms with Crippen LogP contribution in [-0.4, -0.2) is 19.4 Å². The Morgan fingerprint density at radius 2 is 1.77 bits per heavy atom. The van der Waals surface area contributed by atoms with Crippen LogP contribution in [0.4, 0.5) is 0 Å². The Bertz CT molecular complexity index is 477. The summed E-state index contributed by atoms with van der Waals surface area (Å²) in [6.45, 7) is 3.84. The number of hydrogen-bond acceptors (Lipinski definition) is 3. The molecule has 6 heteroatoms. The van der Waals surface area contributed by atoms with Crippen molar-refractivity contribution in [2.24, 2.45) is 0 Å². The van der Waals surface area contributed by atoms with Crippen molar-refractivity contribution in [2.75, 3.05) is 0 Å². The predicted molar refractivity (Wildman–Crippen MR) is 65.7 cm³/mol. The average Bonchev–Trinajstić information content (AvgIpc) is 2.27. The highest BCUT2D eigenvalue weighted by atomic mass is 127. The molecule has 68 valence electrons. The highest BCUT2D eigenvalue weighted by molar-refractivity contribution is 14.1. The Morgan fingerprint density at radius 1 is 1.08 bits per heavy atom. The van der Waals surface area contributed by atoms with Gasteiger partial charge in [0.1, 0.15) is 19.1 Å². The van der Waals surface area contributed by atoms with E-state index in [2.05, 4.69) is 60.1 Å². The molecule has 0 fully saturated rings. The largest absolute Gasteiger partial charge is 0.258 e. The zero-order chi connectivity index (χ0) is 9.59. The molecule has 0 aliphatic carbocycles. The number of halogens is 2. The molecule has 2 heterocycles. The minimum atomic E-state index is 0.735. The van der Waals surface area contributed by atoms with Gasteiger partial charge in [-0.05, 0) is 59.0 Å². The van der Waals surface area contributed by atoms with Crippen LogP contribution in [0.2, 0.25) is 0 Å². The second kappa shape index (κ2) is 3.30. The summed E-state index contributed by atoms with van der Waals surface area (Å²) in [5, 5.41) is 0. The third-order valence-corrected chi connectivity index (χ3v) is 4.45. The van der Waals surface area contributed by atoms with Crippen LogP contribution in [0, 0.1) is 21.2 Å². The second-order valence-electron chi connectivity index (χ2n) is 2.65. The summed E-state index contributed by atoms with van der Waals surface area (Å²) >= 11 is 4.45. The minimum absolute atomic E-state index is 0.735. The van der Waals surface area contributed by atoms with Crippen molar-refractivity contribution in [1.82, 2.24) is 19.4 Å². The molecular weight excluding hydrogens is 394 g/mol. The molecule has 2 aromatic rings. The maximum absolute atomic E-state index is 4.33. The van der Waals surface area contributed by atoms with Crippen molar-refractivity contribution in [3.05, 3.63) is 19.1 Å². The molecule has 4 nitrogen and oxygen atoms in total. The maximum atomic E-state index is 4.33. The molecule has 0 unspecified atom stereocenters. The van der Waals surface area contributed by atoms with Gasteiger partial charge in [0.2, 0.25) is 5.78 Å². The van der Waals surface area contributed by atoms with Crippen molar-refractivity contribution >= 4 is 51.0 Å². The first-order valence-corrected chi connectivity index (χ1v) is 5.80. The van der Waals surface area contributed by atoms with Gasteiger partial charge in [-0.3, -0.25) is 4.40 Å². The van der Waals surface area contributed by atoms with Crippen LogP contribution in [0.1, 0.15) is 11.6 Å². The number of imidazole rings is 1. The van der Waals surface area contributed by atoms with Gasteiger partial charge in [-0.25, -0.2) is 9.97 Å². The van der Waals surface area contributed by atoms with Crippen LogP contribution >= 0.6 is 45.2 Å². The molecule has 0 radical (unpaired) electrons. The lowest BCUT2D eigenvalue weighted by Gasteiger charge is -1.99. The van der Waals surface area contributed by atoms with Gasteiger partial charge in [-0.15, -0.1) is 0 Å². The Morgan fingerprint density at radius 3 is 2.46 bits per heavy atom. The SMILES string of the molecule is Cc1nc(C)n2c(I)c(I)nc2n1. The number of fused-ring (bicyclic) bond motifs is 1. The molecule has 0 N–H and O–H groups in total. The maximum Gasteiger partial charge on any atom is 0.238 e. The molecule has 0 atom stereocenters. The lowest BCUT2D eigenvalue weighted by atomic mass is 10.6. The standard InChI is InChI=1S/C7H6I2N4/c1-3-10-4(2)13-6(9)5(8)12-7(13)11-3/h1-2H3. The fourth-order valence-electron chi connectivity index (χ4n) is 1.18. The number of hydrogen-bond donors (Lipinski definition) is 0. The Labute approximate surface area is 102 Å². The van der Waals surface area contributed by atoms with Crippen molar-refractivity contribution in [3.8, 4) is 0 Å². The van der Waals surface area contributed by atoms with Crippen molar-refractivity contribution in [3.63, 3.8) is 0 Å². The smallest absolute Gasteiger partial charge is 0.238 e. The third-order valence-electron chi connectivity index (χ3n) is 1.67. The lowest BCUT2D eigenvalue weighted by Crippen LogP contribution is -2.02. The fraction of sp³-hybridized carbons (Fsp3) is 0.286. The first-order valence-electron chi connectivity index (χ1n) is 3.64. The van der Waals surface area contributed by atoms with E-state index < -0.39 is 0 Å². The fourth-order valence-corrected chi connectivity index (χ4v) is 2.32. The van der Waals surface area contributed by atoms with Gasteiger partial charge >= 0.3 is 0 Å². The van der Waals surface area contributed by atoms with E-state index in [1.54, 1.807) is 0 Å². The van der Waals surface area contributed by atoms with Crippen LogP contribution in [-0.2, 0) is 0 Å². The van der Waals surface area contributed by atoms with Crippen molar-refractivity contribution < 1.29 is 0 Å². The number of nitrogens with zero attached hydrogens (tertiary/aromatic N) is 4. The summed E-state index contributed by atoms with van der Waals surface area (Å²) in [4.78, 5) is 12.9. The topological polar surface area (TPSA) is 43.1 Å². The van der Waals surface area contributed by atoms with Gasteiger partial charge in [0.15, 0.2) is 0 Å².